The number of nitrogens with zero attached hydrogens (tertiary/aromatic N) is 3. The molecule has 5 nitrogen and oxygen atoms in total. The van der Waals surface area contributed by atoms with Gasteiger partial charge in [-0.1, -0.05) is 49.9 Å². The van der Waals surface area contributed by atoms with Crippen LogP contribution in [0.2, 0.25) is 0 Å². The van der Waals surface area contributed by atoms with E-state index >= 15 is 0 Å². The van der Waals surface area contributed by atoms with E-state index < -0.39 is 5.54 Å². The molecule has 0 spiro atoms. The normalized spacial score (nSPS) is 14.6. The van der Waals surface area contributed by atoms with Gasteiger partial charge in [-0.25, -0.2) is 0 Å². The predicted octanol–water partition coefficient (Wildman–Crippen LogP) is 7.51. The van der Waals surface area contributed by atoms with Crippen LogP contribution in [0.15, 0.2) is 108 Å². The number of pyridine rings is 2. The fraction of sp³-hybridized carbons (Fsp3) is 0.235. The summed E-state index contributed by atoms with van der Waals surface area (Å²) >= 11 is 0.653. The highest BCUT2D eigenvalue weighted by molar-refractivity contribution is 8.00. The summed E-state index contributed by atoms with van der Waals surface area (Å²) < 4.78 is 4.69. The van der Waals surface area contributed by atoms with Crippen LogP contribution in [0.4, 0.5) is 5.69 Å². The van der Waals surface area contributed by atoms with Crippen LogP contribution in [0.1, 0.15) is 50.1 Å². The largest absolute Gasteiger partial charge is 0.342 e. The van der Waals surface area contributed by atoms with Crippen molar-refractivity contribution in [1.82, 2.24) is 14.5 Å². The number of hydrogen-bond acceptors (Lipinski definition) is 3. The van der Waals surface area contributed by atoms with Crippen molar-refractivity contribution in [3.63, 3.8) is 0 Å². The van der Waals surface area contributed by atoms with Crippen molar-refractivity contribution < 1.29 is 0 Å². The average molecular weight is 553 g/mol. The maximum atomic E-state index is 12.5. The van der Waals surface area contributed by atoms with Crippen LogP contribution in [0, 0.1) is 6.92 Å². The summed E-state index contributed by atoms with van der Waals surface area (Å²) in [6.07, 6.45) is 15.7. The van der Waals surface area contributed by atoms with Gasteiger partial charge in [-0.15, -0.1) is 0 Å². The second-order valence-electron chi connectivity index (χ2n) is 9.99. The molecule has 208 valence electrons. The Morgan fingerprint density at radius 1 is 1.23 bits per heavy atom. The number of allylic oxidation sites excluding steroid dienone is 6. The van der Waals surface area contributed by atoms with Crippen molar-refractivity contribution in [2.24, 2.45) is 0 Å². The summed E-state index contributed by atoms with van der Waals surface area (Å²) in [4.78, 5) is 20.2. The van der Waals surface area contributed by atoms with E-state index in [9.17, 15) is 4.79 Å². The molecule has 0 bridgehead atoms. The number of aromatic amines is 1. The summed E-state index contributed by atoms with van der Waals surface area (Å²) in [6.45, 7) is 14.3. The molecule has 1 aromatic carbocycles. The maximum absolute atomic E-state index is 12.5. The zero-order valence-corrected chi connectivity index (χ0v) is 25.3. The third-order valence-corrected chi connectivity index (χ3v) is 8.68. The van der Waals surface area contributed by atoms with E-state index in [0.717, 1.165) is 39.2 Å². The number of fused-ring (bicyclic) bond motifs is 1. The van der Waals surface area contributed by atoms with Crippen LogP contribution in [-0.4, -0.2) is 27.3 Å². The summed E-state index contributed by atoms with van der Waals surface area (Å²) in [7, 11) is 2.16. The molecular weight excluding hydrogens is 512 g/mol. The van der Waals surface area contributed by atoms with E-state index in [2.05, 4.69) is 90.9 Å². The van der Waals surface area contributed by atoms with Crippen LogP contribution >= 0.6 is 11.9 Å². The van der Waals surface area contributed by atoms with Gasteiger partial charge in [0.25, 0.3) is 5.56 Å². The van der Waals surface area contributed by atoms with Crippen LogP contribution in [-0.2, 0) is 5.54 Å². The zero-order chi connectivity index (χ0) is 28.9. The van der Waals surface area contributed by atoms with Crippen LogP contribution in [0.3, 0.4) is 0 Å². The smallest absolute Gasteiger partial charge is 0.251 e. The average Bonchev–Trinajstić information content (AvgIpc) is 3.40. The molecule has 1 unspecified atom stereocenters. The number of benzene rings is 1. The Hall–Kier alpha value is -4.03. The van der Waals surface area contributed by atoms with E-state index in [-0.39, 0.29) is 5.56 Å². The molecule has 4 aromatic rings. The minimum Gasteiger partial charge on any atom is -0.342 e. The van der Waals surface area contributed by atoms with Crippen molar-refractivity contribution in [2.75, 3.05) is 17.1 Å². The van der Waals surface area contributed by atoms with Gasteiger partial charge in [-0.05, 0) is 92.1 Å². The highest BCUT2D eigenvalue weighted by Gasteiger charge is 2.33. The van der Waals surface area contributed by atoms with E-state index in [1.807, 2.05) is 50.4 Å². The third kappa shape index (κ3) is 5.36. The van der Waals surface area contributed by atoms with Gasteiger partial charge in [0.15, 0.2) is 0 Å². The van der Waals surface area contributed by atoms with Crippen LogP contribution in [0.25, 0.3) is 16.5 Å². The second-order valence-corrected chi connectivity index (χ2v) is 11.7. The Kier molecular flexibility index (Phi) is 9.00. The monoisotopic (exact) mass is 552 g/mol. The number of hydrogen-bond donors (Lipinski definition) is 1. The summed E-state index contributed by atoms with van der Waals surface area (Å²) in [5.41, 5.74) is 7.52. The number of anilines is 1. The highest BCUT2D eigenvalue weighted by atomic mass is 32.2. The van der Waals surface area contributed by atoms with Gasteiger partial charge in [-0.3, -0.25) is 9.78 Å². The second kappa shape index (κ2) is 12.4. The molecule has 0 aliphatic heterocycles. The fourth-order valence-electron chi connectivity index (χ4n) is 5.30. The Bertz CT molecular complexity index is 1660. The molecule has 3 heterocycles. The van der Waals surface area contributed by atoms with Gasteiger partial charge < -0.3 is 13.9 Å². The van der Waals surface area contributed by atoms with Gasteiger partial charge in [-0.2, -0.15) is 11.9 Å². The molecule has 0 amide bonds. The molecule has 0 saturated carbocycles. The Morgan fingerprint density at radius 2 is 2.02 bits per heavy atom. The van der Waals surface area contributed by atoms with E-state index in [4.69, 9.17) is 4.98 Å². The first-order valence-corrected chi connectivity index (χ1v) is 14.8. The molecule has 0 saturated heterocycles. The molecule has 0 radical (unpaired) electrons. The molecule has 0 fully saturated rings. The Balaban J connectivity index is 2.07. The predicted molar refractivity (Wildman–Crippen MR) is 176 cm³/mol. The lowest BCUT2D eigenvalue weighted by Gasteiger charge is -2.34. The lowest BCUT2D eigenvalue weighted by Crippen LogP contribution is -2.33. The molecule has 0 aliphatic rings. The van der Waals surface area contributed by atoms with Crippen molar-refractivity contribution in [1.29, 1.82) is 0 Å². The quantitative estimate of drug-likeness (QED) is 0.207. The first-order valence-electron chi connectivity index (χ1n) is 13.6. The fourth-order valence-corrected chi connectivity index (χ4v) is 6.13. The molecule has 0 aliphatic carbocycles. The van der Waals surface area contributed by atoms with Crippen LogP contribution in [0.5, 0.6) is 0 Å². The first kappa shape index (κ1) is 29.0. The van der Waals surface area contributed by atoms with E-state index in [1.54, 1.807) is 12.3 Å². The SMILES string of the molecule is C=C/C=C\C=C(/C)C(C)(c1ccccn1)n1ccc2c(N(C)[SH2]CC)cc(/C(=C/C)c3cc[nH]c(=O)c3C)cc21. The first-order chi connectivity index (χ1) is 19.3. The number of aromatic nitrogens is 3. The van der Waals surface area contributed by atoms with E-state index in [0.29, 0.717) is 17.5 Å². The topological polar surface area (TPSA) is 53.9 Å². The van der Waals surface area contributed by atoms with Crippen molar-refractivity contribution >= 4 is 34.1 Å². The summed E-state index contributed by atoms with van der Waals surface area (Å²) in [5, 5.41) is 1.18. The lowest BCUT2D eigenvalue weighted by molar-refractivity contribution is 0.466. The summed E-state index contributed by atoms with van der Waals surface area (Å²) in [5.74, 6) is 1.07. The molecule has 1 N–H and O–H groups in total. The molecule has 3 aromatic heterocycles. The van der Waals surface area contributed by atoms with Crippen molar-refractivity contribution in [3.8, 4) is 0 Å². The molecule has 40 heavy (non-hydrogen) atoms. The number of H-pyrrole nitrogens is 1. The zero-order valence-electron chi connectivity index (χ0n) is 24.3. The number of nitrogens with one attached hydrogen (secondary N) is 1. The molecule has 1 atom stereocenters. The van der Waals surface area contributed by atoms with Crippen molar-refractivity contribution in [2.45, 2.75) is 40.2 Å². The van der Waals surface area contributed by atoms with Crippen molar-refractivity contribution in [3.05, 3.63) is 136 Å². The minimum atomic E-state index is -0.550. The maximum Gasteiger partial charge on any atom is 0.251 e. The standard InChI is InChI=1S/C34H40N4OS/c1-8-11-12-15-24(4)34(6,32-16-13-14-19-35-32)38-21-18-29-30(37(7)40-10-3)22-26(23-31(29)38)27(9-2)28-17-20-36-33(39)25(28)5/h8-9,11-23H,1,10,40H2,2-7H3,(H,36,39)/b12-11-,24-15+,27-9-. The van der Waals surface area contributed by atoms with Gasteiger partial charge >= 0.3 is 0 Å². The van der Waals surface area contributed by atoms with Gasteiger partial charge in [0, 0.05) is 36.6 Å². The third-order valence-electron chi connectivity index (χ3n) is 7.65. The lowest BCUT2D eigenvalue weighted by atomic mass is 9.87. The Morgan fingerprint density at radius 3 is 2.70 bits per heavy atom. The van der Waals surface area contributed by atoms with Gasteiger partial charge in [0.05, 0.1) is 16.9 Å². The van der Waals surface area contributed by atoms with E-state index in [1.165, 1.54) is 11.1 Å². The minimum absolute atomic E-state index is 0.0674. The molecule has 4 rings (SSSR count). The molecular formula is C34H40N4OS. The summed E-state index contributed by atoms with van der Waals surface area (Å²) in [6, 6.07) is 14.8. The van der Waals surface area contributed by atoms with Gasteiger partial charge in [0.2, 0.25) is 0 Å². The Labute approximate surface area is 241 Å². The van der Waals surface area contributed by atoms with Gasteiger partial charge in [0.1, 0.15) is 5.54 Å². The highest BCUT2D eigenvalue weighted by Crippen LogP contribution is 2.41. The van der Waals surface area contributed by atoms with Crippen LogP contribution < -0.4 is 9.86 Å². The molecule has 6 heteroatoms. The number of rotatable bonds is 10.